The van der Waals surface area contributed by atoms with E-state index in [0.29, 0.717) is 17.9 Å². The Morgan fingerprint density at radius 3 is 2.43 bits per heavy atom. The van der Waals surface area contributed by atoms with Crippen molar-refractivity contribution in [1.82, 2.24) is 10.2 Å². The third-order valence-corrected chi connectivity index (χ3v) is 4.54. The third kappa shape index (κ3) is 3.88. The van der Waals surface area contributed by atoms with Gasteiger partial charge >= 0.3 is 0 Å². The zero-order valence-corrected chi connectivity index (χ0v) is 14.1. The minimum atomic E-state index is 0.162. The van der Waals surface area contributed by atoms with Gasteiger partial charge < -0.3 is 19.9 Å². The largest absolute Gasteiger partial charge is 0.493 e. The summed E-state index contributed by atoms with van der Waals surface area (Å²) in [6.45, 7) is 4.08. The van der Waals surface area contributed by atoms with Gasteiger partial charge in [0.05, 0.1) is 14.2 Å². The molecule has 0 spiro atoms. The highest BCUT2D eigenvalue weighted by molar-refractivity contribution is 9.10. The van der Waals surface area contributed by atoms with Gasteiger partial charge in [0.25, 0.3) is 0 Å². The molecule has 1 aliphatic rings. The zero-order valence-electron chi connectivity index (χ0n) is 12.6. The van der Waals surface area contributed by atoms with Crippen LogP contribution in [0.25, 0.3) is 0 Å². The van der Waals surface area contributed by atoms with Gasteiger partial charge in [0, 0.05) is 43.3 Å². The molecule has 0 aromatic heterocycles. The summed E-state index contributed by atoms with van der Waals surface area (Å²) in [5.41, 5.74) is 1.13. The minimum Gasteiger partial charge on any atom is -0.493 e. The number of nitrogens with one attached hydrogen (secondary N) is 1. The molecular formula is C15H23BrN2O3. The predicted octanol–water partition coefficient (Wildman–Crippen LogP) is 1.79. The highest BCUT2D eigenvalue weighted by Crippen LogP contribution is 2.38. The average molecular weight is 359 g/mol. The molecule has 1 aromatic carbocycles. The summed E-state index contributed by atoms with van der Waals surface area (Å²) < 4.78 is 11.7. The van der Waals surface area contributed by atoms with E-state index in [-0.39, 0.29) is 12.6 Å². The summed E-state index contributed by atoms with van der Waals surface area (Å²) in [5.74, 6) is 1.42. The van der Waals surface area contributed by atoms with Crippen LogP contribution in [-0.2, 0) is 0 Å². The van der Waals surface area contributed by atoms with Crippen molar-refractivity contribution in [2.24, 2.45) is 0 Å². The molecule has 0 aliphatic carbocycles. The fraction of sp³-hybridized carbons (Fsp3) is 0.600. The second-order valence-electron chi connectivity index (χ2n) is 5.04. The lowest BCUT2D eigenvalue weighted by Crippen LogP contribution is -2.45. The van der Waals surface area contributed by atoms with Crippen LogP contribution in [0.1, 0.15) is 18.0 Å². The maximum atomic E-state index is 9.43. The van der Waals surface area contributed by atoms with E-state index in [2.05, 4.69) is 26.1 Å². The molecule has 1 aliphatic heterocycles. The first-order chi connectivity index (χ1) is 10.2. The van der Waals surface area contributed by atoms with Crippen LogP contribution < -0.4 is 14.8 Å². The lowest BCUT2D eigenvalue weighted by atomic mass is 10.0. The van der Waals surface area contributed by atoms with Crippen molar-refractivity contribution in [3.63, 3.8) is 0 Å². The minimum absolute atomic E-state index is 0.162. The van der Waals surface area contributed by atoms with Gasteiger partial charge in [-0.15, -0.1) is 0 Å². The molecule has 2 rings (SSSR count). The summed E-state index contributed by atoms with van der Waals surface area (Å²) in [7, 11) is 3.27. The second kappa shape index (κ2) is 7.98. The number of halogens is 1. The fourth-order valence-electron chi connectivity index (χ4n) is 2.78. The summed E-state index contributed by atoms with van der Waals surface area (Å²) in [6.07, 6.45) is 0.702. The quantitative estimate of drug-likeness (QED) is 0.811. The van der Waals surface area contributed by atoms with Crippen LogP contribution >= 0.6 is 15.9 Å². The maximum absolute atomic E-state index is 9.43. The van der Waals surface area contributed by atoms with Gasteiger partial charge in [-0.05, 0) is 24.1 Å². The first-order valence-electron chi connectivity index (χ1n) is 7.18. The van der Waals surface area contributed by atoms with E-state index >= 15 is 0 Å². The Bertz CT molecular complexity index is 464. The first kappa shape index (κ1) is 16.5. The van der Waals surface area contributed by atoms with Crippen molar-refractivity contribution in [2.45, 2.75) is 12.5 Å². The van der Waals surface area contributed by atoms with E-state index in [0.717, 1.165) is 36.2 Å². The Hall–Kier alpha value is -0.820. The number of nitrogens with zero attached hydrogens (tertiary/aromatic N) is 1. The van der Waals surface area contributed by atoms with Crippen LogP contribution in [0, 0.1) is 0 Å². The molecule has 1 fully saturated rings. The monoisotopic (exact) mass is 358 g/mol. The molecule has 5 nitrogen and oxygen atoms in total. The molecule has 1 saturated heterocycles. The van der Waals surface area contributed by atoms with Crippen LogP contribution in [-0.4, -0.2) is 57.0 Å². The van der Waals surface area contributed by atoms with Gasteiger partial charge in [-0.3, -0.25) is 4.90 Å². The Labute approximate surface area is 134 Å². The summed E-state index contributed by atoms with van der Waals surface area (Å²) in [5, 5.41) is 12.8. The topological polar surface area (TPSA) is 54.0 Å². The molecule has 1 heterocycles. The van der Waals surface area contributed by atoms with Crippen LogP contribution in [0.3, 0.4) is 0 Å². The Morgan fingerprint density at radius 1 is 1.24 bits per heavy atom. The number of aliphatic hydroxyl groups is 1. The summed E-state index contributed by atoms with van der Waals surface area (Å²) >= 11 is 3.63. The van der Waals surface area contributed by atoms with E-state index in [1.165, 1.54) is 0 Å². The number of piperazine rings is 1. The number of benzene rings is 1. The number of hydrogen-bond donors (Lipinski definition) is 2. The van der Waals surface area contributed by atoms with Crippen LogP contribution in [0.2, 0.25) is 0 Å². The smallest absolute Gasteiger partial charge is 0.161 e. The lowest BCUT2D eigenvalue weighted by molar-refractivity contribution is 0.140. The Balaban J connectivity index is 2.34. The molecule has 118 valence electrons. The van der Waals surface area contributed by atoms with Gasteiger partial charge in [0.1, 0.15) is 0 Å². The lowest BCUT2D eigenvalue weighted by Gasteiger charge is -2.35. The van der Waals surface area contributed by atoms with E-state index in [1.807, 2.05) is 12.1 Å². The number of rotatable bonds is 6. The highest BCUT2D eigenvalue weighted by Gasteiger charge is 2.25. The van der Waals surface area contributed by atoms with Crippen molar-refractivity contribution in [3.05, 3.63) is 22.2 Å². The Kier molecular flexibility index (Phi) is 6.29. The number of aliphatic hydroxyl groups excluding tert-OH is 1. The third-order valence-electron chi connectivity index (χ3n) is 3.86. The Morgan fingerprint density at radius 2 is 1.86 bits per heavy atom. The molecule has 0 bridgehead atoms. The van der Waals surface area contributed by atoms with Gasteiger partial charge in [-0.1, -0.05) is 15.9 Å². The SMILES string of the molecule is COc1cc(Br)c([C@@H](CCO)N2CCNCC2)cc1OC. The van der Waals surface area contributed by atoms with Crippen LogP contribution in [0.15, 0.2) is 16.6 Å². The summed E-state index contributed by atoms with van der Waals surface area (Å²) in [6, 6.07) is 4.11. The van der Waals surface area contributed by atoms with E-state index in [9.17, 15) is 5.11 Å². The number of hydrogen-bond acceptors (Lipinski definition) is 5. The van der Waals surface area contributed by atoms with Gasteiger partial charge in [-0.25, -0.2) is 0 Å². The van der Waals surface area contributed by atoms with E-state index < -0.39 is 0 Å². The van der Waals surface area contributed by atoms with E-state index in [1.54, 1.807) is 14.2 Å². The molecule has 0 amide bonds. The first-order valence-corrected chi connectivity index (χ1v) is 7.97. The number of methoxy groups -OCH3 is 2. The van der Waals surface area contributed by atoms with Crippen molar-refractivity contribution in [3.8, 4) is 11.5 Å². The van der Waals surface area contributed by atoms with Crippen molar-refractivity contribution in [2.75, 3.05) is 47.0 Å². The van der Waals surface area contributed by atoms with Crippen LogP contribution in [0.5, 0.6) is 11.5 Å². The maximum Gasteiger partial charge on any atom is 0.161 e. The van der Waals surface area contributed by atoms with Crippen molar-refractivity contribution >= 4 is 15.9 Å². The number of ether oxygens (including phenoxy) is 2. The van der Waals surface area contributed by atoms with Gasteiger partial charge in [-0.2, -0.15) is 0 Å². The summed E-state index contributed by atoms with van der Waals surface area (Å²) in [4.78, 5) is 2.40. The van der Waals surface area contributed by atoms with Gasteiger partial charge in [0.15, 0.2) is 11.5 Å². The average Bonchev–Trinajstić information content (AvgIpc) is 2.53. The molecule has 6 heteroatoms. The molecule has 0 saturated carbocycles. The van der Waals surface area contributed by atoms with Crippen molar-refractivity contribution in [1.29, 1.82) is 0 Å². The molecule has 2 N–H and O–H groups in total. The van der Waals surface area contributed by atoms with Gasteiger partial charge in [0.2, 0.25) is 0 Å². The molecule has 1 atom stereocenters. The highest BCUT2D eigenvalue weighted by atomic mass is 79.9. The van der Waals surface area contributed by atoms with Crippen molar-refractivity contribution < 1.29 is 14.6 Å². The van der Waals surface area contributed by atoms with E-state index in [4.69, 9.17) is 9.47 Å². The van der Waals surface area contributed by atoms with Crippen LogP contribution in [0.4, 0.5) is 0 Å². The molecule has 21 heavy (non-hydrogen) atoms. The molecule has 0 unspecified atom stereocenters. The molecular weight excluding hydrogens is 336 g/mol. The molecule has 1 aromatic rings. The standard InChI is InChI=1S/C15H23BrN2O3/c1-20-14-9-11(12(16)10-15(14)21-2)13(3-8-19)18-6-4-17-5-7-18/h9-10,13,17,19H,3-8H2,1-2H3/t13-/m1/s1. The normalized spacial score (nSPS) is 17.5. The predicted molar refractivity (Wildman–Crippen MR) is 86.1 cm³/mol. The second-order valence-corrected chi connectivity index (χ2v) is 5.90. The fourth-order valence-corrected chi connectivity index (χ4v) is 3.36. The zero-order chi connectivity index (χ0) is 15.2. The molecule has 0 radical (unpaired) electrons.